The van der Waals surface area contributed by atoms with Crippen molar-refractivity contribution in [1.29, 1.82) is 0 Å². The molecule has 2 aliphatic rings. The molecule has 4 unspecified atom stereocenters. The van der Waals surface area contributed by atoms with E-state index in [0.717, 1.165) is 13.0 Å². The lowest BCUT2D eigenvalue weighted by Crippen LogP contribution is -2.69. The fourth-order valence-electron chi connectivity index (χ4n) is 2.65. The average molecular weight is 226 g/mol. The number of hydrogen-bond acceptors (Lipinski definition) is 3. The summed E-state index contributed by atoms with van der Waals surface area (Å²) < 4.78 is 5.57. The lowest BCUT2D eigenvalue weighted by molar-refractivity contribution is -0.127. The fourth-order valence-corrected chi connectivity index (χ4v) is 2.65. The van der Waals surface area contributed by atoms with Crippen LogP contribution in [0.25, 0.3) is 0 Å². The number of rotatable bonds is 2. The Balaban J connectivity index is 1.84. The van der Waals surface area contributed by atoms with Gasteiger partial charge in [0.05, 0.1) is 12.1 Å². The van der Waals surface area contributed by atoms with Crippen molar-refractivity contribution in [2.75, 3.05) is 6.61 Å². The van der Waals surface area contributed by atoms with Gasteiger partial charge in [0.2, 0.25) is 5.91 Å². The van der Waals surface area contributed by atoms with Crippen LogP contribution in [0.1, 0.15) is 33.6 Å². The molecule has 2 rings (SSSR count). The Kier molecular flexibility index (Phi) is 2.97. The highest BCUT2D eigenvalue weighted by Crippen LogP contribution is 2.37. The van der Waals surface area contributed by atoms with Crippen LogP contribution in [-0.2, 0) is 9.53 Å². The Morgan fingerprint density at radius 3 is 2.81 bits per heavy atom. The number of carbonyl (C=O) groups is 1. The number of amides is 1. The highest BCUT2D eigenvalue weighted by Gasteiger charge is 2.52. The molecule has 0 bridgehead atoms. The summed E-state index contributed by atoms with van der Waals surface area (Å²) >= 11 is 0. The third kappa shape index (κ3) is 2.23. The molecule has 4 atom stereocenters. The van der Waals surface area contributed by atoms with Gasteiger partial charge in [-0.25, -0.2) is 0 Å². The molecule has 16 heavy (non-hydrogen) atoms. The zero-order chi connectivity index (χ0) is 11.9. The molecule has 4 heteroatoms. The smallest absolute Gasteiger partial charge is 0.220 e. The summed E-state index contributed by atoms with van der Waals surface area (Å²) in [7, 11) is 0. The second-order valence-electron chi connectivity index (χ2n) is 6.20. The van der Waals surface area contributed by atoms with Crippen LogP contribution in [0.5, 0.6) is 0 Å². The third-order valence-electron chi connectivity index (χ3n) is 3.47. The van der Waals surface area contributed by atoms with E-state index in [1.165, 1.54) is 0 Å². The number of fused-ring (bicyclic) bond motifs is 1. The summed E-state index contributed by atoms with van der Waals surface area (Å²) in [6, 6.07) is 0.110. The molecule has 1 aliphatic heterocycles. The van der Waals surface area contributed by atoms with Gasteiger partial charge in [0.25, 0.3) is 0 Å². The molecule has 2 fully saturated rings. The van der Waals surface area contributed by atoms with Crippen molar-refractivity contribution in [2.24, 2.45) is 17.1 Å². The van der Waals surface area contributed by atoms with Gasteiger partial charge < -0.3 is 15.8 Å². The van der Waals surface area contributed by atoms with Crippen molar-refractivity contribution in [3.8, 4) is 0 Å². The van der Waals surface area contributed by atoms with E-state index >= 15 is 0 Å². The van der Waals surface area contributed by atoms with Gasteiger partial charge in [-0.05, 0) is 11.8 Å². The largest absolute Gasteiger partial charge is 0.376 e. The number of nitrogens with one attached hydrogen (secondary N) is 1. The molecule has 0 spiro atoms. The molecule has 0 aromatic heterocycles. The zero-order valence-electron chi connectivity index (χ0n) is 10.3. The van der Waals surface area contributed by atoms with Crippen LogP contribution < -0.4 is 11.1 Å². The average Bonchev–Trinajstić information content (AvgIpc) is 2.55. The third-order valence-corrected chi connectivity index (χ3v) is 3.47. The minimum atomic E-state index is 0.0217. The maximum absolute atomic E-state index is 11.8. The van der Waals surface area contributed by atoms with E-state index < -0.39 is 0 Å². The molecular formula is C12H22N2O2. The Bertz CT molecular complexity index is 285. The first-order valence-electron chi connectivity index (χ1n) is 6.05. The van der Waals surface area contributed by atoms with E-state index in [2.05, 4.69) is 26.1 Å². The van der Waals surface area contributed by atoms with Crippen molar-refractivity contribution in [3.05, 3.63) is 0 Å². The van der Waals surface area contributed by atoms with Crippen molar-refractivity contribution >= 4 is 5.91 Å². The maximum atomic E-state index is 11.8. The summed E-state index contributed by atoms with van der Waals surface area (Å²) in [4.78, 5) is 11.8. The van der Waals surface area contributed by atoms with E-state index in [4.69, 9.17) is 10.5 Å². The molecule has 1 amide bonds. The normalized spacial score (nSPS) is 37.8. The fraction of sp³-hybridized carbons (Fsp3) is 0.917. The maximum Gasteiger partial charge on any atom is 0.220 e. The van der Waals surface area contributed by atoms with Crippen LogP contribution in [0, 0.1) is 11.3 Å². The highest BCUT2D eigenvalue weighted by atomic mass is 16.5. The van der Waals surface area contributed by atoms with E-state index in [1.54, 1.807) is 0 Å². The lowest BCUT2D eigenvalue weighted by atomic mass is 9.72. The second-order valence-corrected chi connectivity index (χ2v) is 6.20. The summed E-state index contributed by atoms with van der Waals surface area (Å²) in [5.41, 5.74) is 6.05. The second kappa shape index (κ2) is 4.00. The number of carbonyl (C=O) groups excluding carboxylic acids is 1. The molecule has 4 nitrogen and oxygen atoms in total. The van der Waals surface area contributed by atoms with Gasteiger partial charge in [-0.15, -0.1) is 0 Å². The minimum absolute atomic E-state index is 0.0217. The summed E-state index contributed by atoms with van der Waals surface area (Å²) in [6.07, 6.45) is 1.74. The molecule has 1 aliphatic carbocycles. The molecule has 1 saturated carbocycles. The number of hydrogen-bond donors (Lipinski definition) is 2. The Morgan fingerprint density at radius 2 is 2.19 bits per heavy atom. The van der Waals surface area contributed by atoms with Crippen LogP contribution in [0.2, 0.25) is 0 Å². The topological polar surface area (TPSA) is 64.4 Å². The summed E-state index contributed by atoms with van der Waals surface area (Å²) in [5.74, 6) is 0.543. The molecular weight excluding hydrogens is 204 g/mol. The monoisotopic (exact) mass is 226 g/mol. The SMILES string of the molecule is CC(C)(C)CC(=O)NC1C(N)C2CCOC21. The van der Waals surface area contributed by atoms with E-state index in [-0.39, 0.29) is 29.5 Å². The van der Waals surface area contributed by atoms with Gasteiger partial charge in [-0.2, -0.15) is 0 Å². The molecule has 0 aromatic carbocycles. The summed E-state index contributed by atoms with van der Waals surface area (Å²) in [5, 5.41) is 3.01. The highest BCUT2D eigenvalue weighted by molar-refractivity contribution is 5.77. The van der Waals surface area contributed by atoms with Crippen LogP contribution in [0.3, 0.4) is 0 Å². The van der Waals surface area contributed by atoms with Crippen molar-refractivity contribution in [2.45, 2.75) is 51.8 Å². The Labute approximate surface area is 96.9 Å². The molecule has 0 aromatic rings. The standard InChI is InChI=1S/C12H22N2O2/c1-12(2,3)6-8(15)14-10-9(13)7-4-5-16-11(7)10/h7,9-11H,4-6,13H2,1-3H3,(H,14,15). The van der Waals surface area contributed by atoms with Crippen LogP contribution in [0.15, 0.2) is 0 Å². The van der Waals surface area contributed by atoms with Gasteiger partial charge >= 0.3 is 0 Å². The zero-order valence-corrected chi connectivity index (χ0v) is 10.3. The quantitative estimate of drug-likeness (QED) is 0.727. The van der Waals surface area contributed by atoms with Crippen LogP contribution in [0.4, 0.5) is 0 Å². The Morgan fingerprint density at radius 1 is 1.50 bits per heavy atom. The van der Waals surface area contributed by atoms with Crippen molar-refractivity contribution in [1.82, 2.24) is 5.32 Å². The predicted molar refractivity (Wildman–Crippen MR) is 61.8 cm³/mol. The number of ether oxygens (including phenoxy) is 1. The lowest BCUT2D eigenvalue weighted by Gasteiger charge is -2.45. The minimum Gasteiger partial charge on any atom is -0.376 e. The van der Waals surface area contributed by atoms with Gasteiger partial charge in [0.15, 0.2) is 0 Å². The van der Waals surface area contributed by atoms with Gasteiger partial charge in [0, 0.05) is 25.0 Å². The van der Waals surface area contributed by atoms with Crippen molar-refractivity contribution in [3.63, 3.8) is 0 Å². The van der Waals surface area contributed by atoms with Crippen LogP contribution >= 0.6 is 0 Å². The predicted octanol–water partition coefficient (Wildman–Crippen LogP) is 0.653. The molecule has 1 heterocycles. The first kappa shape index (κ1) is 11.9. The molecule has 1 saturated heterocycles. The van der Waals surface area contributed by atoms with E-state index in [9.17, 15) is 4.79 Å². The Hall–Kier alpha value is -0.610. The number of nitrogens with two attached hydrogens (primary N) is 1. The molecule has 3 N–H and O–H groups in total. The van der Waals surface area contributed by atoms with E-state index in [1.807, 2.05) is 0 Å². The van der Waals surface area contributed by atoms with E-state index in [0.29, 0.717) is 12.3 Å². The summed E-state index contributed by atoms with van der Waals surface area (Å²) in [6.45, 7) is 6.96. The van der Waals surface area contributed by atoms with Gasteiger partial charge in [0.1, 0.15) is 0 Å². The van der Waals surface area contributed by atoms with Crippen molar-refractivity contribution < 1.29 is 9.53 Å². The molecule has 92 valence electrons. The first-order chi connectivity index (χ1) is 7.38. The molecule has 0 radical (unpaired) electrons. The van der Waals surface area contributed by atoms with Gasteiger partial charge in [-0.1, -0.05) is 20.8 Å². The van der Waals surface area contributed by atoms with Crippen LogP contribution in [-0.4, -0.2) is 30.7 Å². The first-order valence-corrected chi connectivity index (χ1v) is 6.05. The van der Waals surface area contributed by atoms with Gasteiger partial charge in [-0.3, -0.25) is 4.79 Å².